The number of anilines is 1. The average Bonchev–Trinajstić information content (AvgIpc) is 2.41. The quantitative estimate of drug-likeness (QED) is 0.853. The Kier molecular flexibility index (Phi) is 4.29. The summed E-state index contributed by atoms with van der Waals surface area (Å²) in [5.41, 5.74) is 6.87. The molecule has 0 spiro atoms. The molecule has 2 rings (SSSR count). The first kappa shape index (κ1) is 15.5. The fourth-order valence-electron chi connectivity index (χ4n) is 2.09. The molecule has 0 saturated heterocycles. The van der Waals surface area contributed by atoms with Crippen LogP contribution in [0.4, 0.5) is 10.1 Å². The van der Waals surface area contributed by atoms with Crippen molar-refractivity contribution in [3.8, 4) is 0 Å². The second-order valence-corrected chi connectivity index (χ2v) is 6.57. The lowest BCUT2D eigenvalue weighted by Gasteiger charge is -2.16. The topological polar surface area (TPSA) is 72.2 Å². The molecule has 112 valence electrons. The van der Waals surface area contributed by atoms with Gasteiger partial charge in [0.1, 0.15) is 5.82 Å². The molecular weight excluding hydrogens is 291 g/mol. The molecule has 3 N–H and O–H groups in total. The van der Waals surface area contributed by atoms with Crippen molar-refractivity contribution in [3.05, 3.63) is 59.4 Å². The number of sulfonamides is 1. The minimum atomic E-state index is -3.77. The van der Waals surface area contributed by atoms with Gasteiger partial charge in [-0.05, 0) is 37.6 Å². The van der Waals surface area contributed by atoms with E-state index in [4.69, 9.17) is 5.73 Å². The maximum absolute atomic E-state index is 13.7. The van der Waals surface area contributed by atoms with E-state index in [0.29, 0.717) is 16.8 Å². The number of nitrogens with one attached hydrogen (secondary N) is 1. The third-order valence-corrected chi connectivity index (χ3v) is 4.89. The fourth-order valence-corrected chi connectivity index (χ4v) is 3.59. The van der Waals surface area contributed by atoms with Crippen molar-refractivity contribution < 1.29 is 12.8 Å². The summed E-state index contributed by atoms with van der Waals surface area (Å²) in [6, 6.07) is 10.0. The number of hydrogen-bond acceptors (Lipinski definition) is 3. The molecule has 0 saturated carbocycles. The van der Waals surface area contributed by atoms with Gasteiger partial charge in [-0.15, -0.1) is 0 Å². The first-order chi connectivity index (χ1) is 9.81. The van der Waals surface area contributed by atoms with Gasteiger partial charge < -0.3 is 5.73 Å². The van der Waals surface area contributed by atoms with Crippen LogP contribution >= 0.6 is 0 Å². The van der Waals surface area contributed by atoms with E-state index < -0.39 is 21.9 Å². The third kappa shape index (κ3) is 3.40. The molecule has 2 aromatic rings. The van der Waals surface area contributed by atoms with Crippen molar-refractivity contribution in [2.75, 3.05) is 5.73 Å². The molecule has 1 unspecified atom stereocenters. The molecule has 0 fully saturated rings. The molecule has 0 amide bonds. The smallest absolute Gasteiger partial charge is 0.241 e. The molecule has 0 aliphatic heterocycles. The van der Waals surface area contributed by atoms with E-state index >= 15 is 0 Å². The lowest BCUT2D eigenvalue weighted by Crippen LogP contribution is -2.28. The van der Waals surface area contributed by atoms with Crippen molar-refractivity contribution in [1.82, 2.24) is 4.72 Å². The Balaban J connectivity index is 2.34. The first-order valence-electron chi connectivity index (χ1n) is 6.44. The van der Waals surface area contributed by atoms with Crippen molar-refractivity contribution >= 4 is 15.7 Å². The number of nitrogens with two attached hydrogens (primary N) is 1. The number of hydrogen-bond donors (Lipinski definition) is 2. The van der Waals surface area contributed by atoms with Crippen LogP contribution in [0, 0.1) is 12.7 Å². The van der Waals surface area contributed by atoms with Gasteiger partial charge in [0.05, 0.1) is 4.90 Å². The second kappa shape index (κ2) is 5.83. The molecule has 1 atom stereocenters. The lowest BCUT2D eigenvalue weighted by atomic mass is 10.1. The van der Waals surface area contributed by atoms with Crippen LogP contribution in [0.3, 0.4) is 0 Å². The molecule has 6 heteroatoms. The van der Waals surface area contributed by atoms with E-state index in [9.17, 15) is 12.8 Å². The third-order valence-electron chi connectivity index (χ3n) is 3.21. The van der Waals surface area contributed by atoms with Crippen LogP contribution in [0.25, 0.3) is 0 Å². The van der Waals surface area contributed by atoms with Gasteiger partial charge in [0.2, 0.25) is 10.0 Å². The summed E-state index contributed by atoms with van der Waals surface area (Å²) < 4.78 is 41.0. The SMILES string of the molecule is Cc1ccc(N)cc1S(=O)(=O)NC(C)c1ccccc1F. The maximum atomic E-state index is 13.7. The zero-order valence-corrected chi connectivity index (χ0v) is 12.6. The molecular formula is C15H17FN2O2S. The highest BCUT2D eigenvalue weighted by Gasteiger charge is 2.21. The predicted molar refractivity (Wildman–Crippen MR) is 80.7 cm³/mol. The average molecular weight is 308 g/mol. The van der Waals surface area contributed by atoms with Gasteiger partial charge in [-0.2, -0.15) is 0 Å². The summed E-state index contributed by atoms with van der Waals surface area (Å²) in [7, 11) is -3.77. The van der Waals surface area contributed by atoms with Crippen LogP contribution in [0.2, 0.25) is 0 Å². The molecule has 0 bridgehead atoms. The Bertz CT molecular complexity index is 760. The highest BCUT2D eigenvalue weighted by molar-refractivity contribution is 7.89. The van der Waals surface area contributed by atoms with Gasteiger partial charge in [-0.25, -0.2) is 17.5 Å². The predicted octanol–water partition coefficient (Wildman–Crippen LogP) is 2.76. The largest absolute Gasteiger partial charge is 0.399 e. The number of nitrogen functional groups attached to an aromatic ring is 1. The van der Waals surface area contributed by atoms with E-state index in [-0.39, 0.29) is 4.90 Å². The number of aryl methyl sites for hydroxylation is 1. The normalized spacial score (nSPS) is 13.1. The van der Waals surface area contributed by atoms with Gasteiger partial charge in [-0.1, -0.05) is 24.3 Å². The van der Waals surface area contributed by atoms with E-state index in [0.717, 1.165) is 0 Å². The van der Waals surface area contributed by atoms with Crippen LogP contribution in [0.15, 0.2) is 47.4 Å². The van der Waals surface area contributed by atoms with Crippen LogP contribution in [-0.4, -0.2) is 8.42 Å². The Morgan fingerprint density at radius 3 is 2.52 bits per heavy atom. The highest BCUT2D eigenvalue weighted by Crippen LogP contribution is 2.22. The molecule has 0 radical (unpaired) electrons. The summed E-state index contributed by atoms with van der Waals surface area (Å²) >= 11 is 0. The van der Waals surface area contributed by atoms with Crippen LogP contribution in [0.1, 0.15) is 24.1 Å². The van der Waals surface area contributed by atoms with E-state index in [2.05, 4.69) is 4.72 Å². The van der Waals surface area contributed by atoms with E-state index in [1.165, 1.54) is 12.1 Å². The van der Waals surface area contributed by atoms with Gasteiger partial charge in [0.15, 0.2) is 0 Å². The zero-order chi connectivity index (χ0) is 15.6. The van der Waals surface area contributed by atoms with Crippen LogP contribution in [0.5, 0.6) is 0 Å². The van der Waals surface area contributed by atoms with Crippen LogP contribution in [-0.2, 0) is 10.0 Å². The van der Waals surface area contributed by atoms with Crippen molar-refractivity contribution in [2.45, 2.75) is 24.8 Å². The molecule has 0 aliphatic rings. The summed E-state index contributed by atoms with van der Waals surface area (Å²) in [4.78, 5) is 0.102. The Labute approximate surface area is 123 Å². The van der Waals surface area contributed by atoms with Crippen molar-refractivity contribution in [3.63, 3.8) is 0 Å². The van der Waals surface area contributed by atoms with Crippen LogP contribution < -0.4 is 10.5 Å². The minimum Gasteiger partial charge on any atom is -0.399 e. The number of benzene rings is 2. The Morgan fingerprint density at radius 1 is 1.19 bits per heavy atom. The van der Waals surface area contributed by atoms with E-state index in [1.54, 1.807) is 44.2 Å². The highest BCUT2D eigenvalue weighted by atomic mass is 32.2. The molecule has 4 nitrogen and oxygen atoms in total. The van der Waals surface area contributed by atoms with Crippen molar-refractivity contribution in [2.24, 2.45) is 0 Å². The molecule has 21 heavy (non-hydrogen) atoms. The number of halogens is 1. The van der Waals surface area contributed by atoms with Gasteiger partial charge in [0, 0.05) is 17.3 Å². The fraction of sp³-hybridized carbons (Fsp3) is 0.200. The summed E-state index contributed by atoms with van der Waals surface area (Å²) in [6.07, 6.45) is 0. The summed E-state index contributed by atoms with van der Waals surface area (Å²) in [5, 5.41) is 0. The lowest BCUT2D eigenvalue weighted by molar-refractivity contribution is 0.549. The number of rotatable bonds is 4. The van der Waals surface area contributed by atoms with Gasteiger partial charge in [-0.3, -0.25) is 0 Å². The zero-order valence-electron chi connectivity index (χ0n) is 11.8. The molecule has 0 heterocycles. The summed E-state index contributed by atoms with van der Waals surface area (Å²) in [6.45, 7) is 3.28. The van der Waals surface area contributed by atoms with Gasteiger partial charge >= 0.3 is 0 Å². The summed E-state index contributed by atoms with van der Waals surface area (Å²) in [5.74, 6) is -0.447. The Hall–Kier alpha value is -1.92. The first-order valence-corrected chi connectivity index (χ1v) is 7.92. The minimum absolute atomic E-state index is 0.102. The second-order valence-electron chi connectivity index (χ2n) is 4.89. The standard InChI is InChI=1S/C15H17FN2O2S/c1-10-7-8-12(17)9-15(10)21(19,20)18-11(2)13-5-3-4-6-14(13)16/h3-9,11,18H,17H2,1-2H3. The van der Waals surface area contributed by atoms with Crippen molar-refractivity contribution in [1.29, 1.82) is 0 Å². The van der Waals surface area contributed by atoms with Gasteiger partial charge in [0.25, 0.3) is 0 Å². The monoisotopic (exact) mass is 308 g/mol. The molecule has 0 aromatic heterocycles. The molecule has 0 aliphatic carbocycles. The maximum Gasteiger partial charge on any atom is 0.241 e. The Morgan fingerprint density at radius 2 is 1.86 bits per heavy atom. The van der Waals surface area contributed by atoms with E-state index in [1.807, 2.05) is 0 Å². The molecule has 2 aromatic carbocycles.